The van der Waals surface area contributed by atoms with Gasteiger partial charge in [0.15, 0.2) is 0 Å². The molecular formula is C13H9KN2O3S. The van der Waals surface area contributed by atoms with Crippen LogP contribution in [0.5, 0.6) is 0 Å². The van der Waals surface area contributed by atoms with Gasteiger partial charge in [0.05, 0.1) is 15.9 Å². The number of fused-ring (bicyclic) bond motifs is 1. The largest absolute Gasteiger partial charge is 1.00 e. The van der Waals surface area contributed by atoms with Crippen molar-refractivity contribution in [2.45, 2.75) is 4.90 Å². The van der Waals surface area contributed by atoms with Gasteiger partial charge in [0.25, 0.3) is 0 Å². The van der Waals surface area contributed by atoms with E-state index in [2.05, 4.69) is 9.97 Å². The molecule has 96 valence electrons. The van der Waals surface area contributed by atoms with Crippen molar-refractivity contribution in [3.8, 4) is 11.4 Å². The Hall–Kier alpha value is -0.544. The van der Waals surface area contributed by atoms with Gasteiger partial charge in [-0.3, -0.25) is 0 Å². The summed E-state index contributed by atoms with van der Waals surface area (Å²) in [6.07, 6.45) is 0. The van der Waals surface area contributed by atoms with Crippen molar-refractivity contribution in [2.75, 3.05) is 0 Å². The second-order valence-electron chi connectivity index (χ2n) is 4.08. The molecule has 0 saturated heterocycles. The van der Waals surface area contributed by atoms with Crippen LogP contribution < -0.4 is 51.4 Å². The van der Waals surface area contributed by atoms with Crippen molar-refractivity contribution in [1.29, 1.82) is 0 Å². The average Bonchev–Trinajstić information content (AvgIpc) is 2.81. The predicted octanol–water partition coefficient (Wildman–Crippen LogP) is -0.862. The Kier molecular flexibility index (Phi) is 4.80. The van der Waals surface area contributed by atoms with Gasteiger partial charge in [-0.2, -0.15) is 0 Å². The van der Waals surface area contributed by atoms with Gasteiger partial charge in [-0.05, 0) is 18.2 Å². The van der Waals surface area contributed by atoms with E-state index in [0.29, 0.717) is 16.9 Å². The Morgan fingerprint density at radius 2 is 1.75 bits per heavy atom. The zero-order chi connectivity index (χ0) is 13.5. The molecule has 1 heterocycles. The van der Waals surface area contributed by atoms with E-state index in [0.717, 1.165) is 5.56 Å². The van der Waals surface area contributed by atoms with E-state index in [1.165, 1.54) is 18.2 Å². The molecule has 3 rings (SSSR count). The van der Waals surface area contributed by atoms with E-state index in [1.807, 2.05) is 30.3 Å². The first-order valence-corrected chi connectivity index (χ1v) is 6.96. The molecule has 0 spiro atoms. The van der Waals surface area contributed by atoms with Gasteiger partial charge in [0, 0.05) is 5.56 Å². The summed E-state index contributed by atoms with van der Waals surface area (Å²) in [4.78, 5) is 7.10. The number of H-pyrrole nitrogens is 1. The Bertz CT molecular complexity index is 844. The van der Waals surface area contributed by atoms with Crippen LogP contribution >= 0.6 is 0 Å². The zero-order valence-electron chi connectivity index (χ0n) is 10.7. The second-order valence-corrected chi connectivity index (χ2v) is 5.46. The first-order chi connectivity index (χ1) is 9.04. The number of rotatable bonds is 2. The van der Waals surface area contributed by atoms with Crippen molar-refractivity contribution < 1.29 is 64.4 Å². The minimum atomic E-state index is -4.45. The molecule has 0 radical (unpaired) electrons. The maximum absolute atomic E-state index is 11.0. The fourth-order valence-electron chi connectivity index (χ4n) is 1.88. The van der Waals surface area contributed by atoms with Crippen LogP contribution in [0.25, 0.3) is 22.4 Å². The van der Waals surface area contributed by atoms with Crippen molar-refractivity contribution >= 4 is 21.2 Å². The Labute approximate surface area is 158 Å². The number of nitrogens with zero attached hydrogens (tertiary/aromatic N) is 1. The van der Waals surface area contributed by atoms with Gasteiger partial charge in [-0.1, -0.05) is 30.3 Å². The number of nitrogens with one attached hydrogen (secondary N) is 1. The molecule has 20 heavy (non-hydrogen) atoms. The maximum Gasteiger partial charge on any atom is 1.00 e. The van der Waals surface area contributed by atoms with Gasteiger partial charge < -0.3 is 9.54 Å². The molecule has 1 aromatic heterocycles. The number of hydrogen-bond donors (Lipinski definition) is 1. The molecule has 0 fully saturated rings. The SMILES string of the molecule is O=S(=O)([O-])c1ccc2nc(-c3ccccc3)[nH]c2c1.[K+]. The molecule has 7 heteroatoms. The molecule has 3 aromatic rings. The van der Waals surface area contributed by atoms with Crippen molar-refractivity contribution in [3.05, 3.63) is 48.5 Å². The number of benzene rings is 2. The quantitative estimate of drug-likeness (QED) is 0.493. The van der Waals surface area contributed by atoms with Crippen LogP contribution in [0.4, 0.5) is 0 Å². The summed E-state index contributed by atoms with van der Waals surface area (Å²) in [5.41, 5.74) is 2.03. The normalized spacial score (nSPS) is 11.2. The fraction of sp³-hybridized carbons (Fsp3) is 0. The molecule has 0 aliphatic heterocycles. The van der Waals surface area contributed by atoms with Crippen LogP contribution in [0.3, 0.4) is 0 Å². The van der Waals surface area contributed by atoms with Gasteiger partial charge in [0.1, 0.15) is 15.9 Å². The van der Waals surface area contributed by atoms with Crippen LogP contribution in [0, 0.1) is 0 Å². The fourth-order valence-corrected chi connectivity index (χ4v) is 2.37. The summed E-state index contributed by atoms with van der Waals surface area (Å²) in [7, 11) is -4.45. The molecule has 0 amide bonds. The summed E-state index contributed by atoms with van der Waals surface area (Å²) < 4.78 is 32.9. The summed E-state index contributed by atoms with van der Waals surface area (Å²) in [5, 5.41) is 0. The van der Waals surface area contributed by atoms with Gasteiger partial charge in [-0.25, -0.2) is 13.4 Å². The van der Waals surface area contributed by atoms with Crippen LogP contribution in [0.15, 0.2) is 53.4 Å². The van der Waals surface area contributed by atoms with Gasteiger partial charge in [0.2, 0.25) is 0 Å². The topological polar surface area (TPSA) is 85.9 Å². The molecule has 0 saturated carbocycles. The second kappa shape index (κ2) is 6.06. The van der Waals surface area contributed by atoms with Crippen molar-refractivity contribution in [2.24, 2.45) is 0 Å². The number of imidazole rings is 1. The number of aromatic nitrogens is 2. The van der Waals surface area contributed by atoms with Crippen molar-refractivity contribution in [3.63, 3.8) is 0 Å². The van der Waals surface area contributed by atoms with Gasteiger partial charge >= 0.3 is 51.4 Å². The molecule has 0 atom stereocenters. The zero-order valence-corrected chi connectivity index (χ0v) is 14.6. The standard InChI is InChI=1S/C13H10N2O3S.K/c16-19(17,18)10-6-7-11-12(8-10)15-13(14-11)9-4-2-1-3-5-9;/h1-8H,(H,14,15)(H,16,17,18);/q;+1/p-1. The molecule has 0 aliphatic carbocycles. The Balaban J connectivity index is 0.00000147. The van der Waals surface area contributed by atoms with Crippen LogP contribution in [-0.2, 0) is 10.1 Å². The molecule has 5 nitrogen and oxygen atoms in total. The summed E-state index contributed by atoms with van der Waals surface area (Å²) in [5.74, 6) is 0.635. The summed E-state index contributed by atoms with van der Waals surface area (Å²) >= 11 is 0. The number of aromatic amines is 1. The van der Waals surface area contributed by atoms with E-state index in [9.17, 15) is 13.0 Å². The third-order valence-electron chi connectivity index (χ3n) is 2.79. The van der Waals surface area contributed by atoms with E-state index < -0.39 is 10.1 Å². The third-order valence-corrected chi connectivity index (χ3v) is 3.62. The summed E-state index contributed by atoms with van der Waals surface area (Å²) in [6, 6.07) is 13.5. The Morgan fingerprint density at radius 3 is 2.40 bits per heavy atom. The Morgan fingerprint density at radius 1 is 1.05 bits per heavy atom. The van der Waals surface area contributed by atoms with E-state index >= 15 is 0 Å². The smallest absolute Gasteiger partial charge is 0.744 e. The van der Waals surface area contributed by atoms with Crippen LogP contribution in [0.1, 0.15) is 0 Å². The monoisotopic (exact) mass is 312 g/mol. The first kappa shape index (κ1) is 15.8. The van der Waals surface area contributed by atoms with E-state index in [1.54, 1.807) is 0 Å². The molecule has 0 bridgehead atoms. The first-order valence-electron chi connectivity index (χ1n) is 5.55. The average molecular weight is 312 g/mol. The molecule has 2 aromatic carbocycles. The van der Waals surface area contributed by atoms with Crippen LogP contribution in [0.2, 0.25) is 0 Å². The minimum absolute atomic E-state index is 0. The van der Waals surface area contributed by atoms with E-state index in [-0.39, 0.29) is 56.3 Å². The van der Waals surface area contributed by atoms with Crippen LogP contribution in [-0.4, -0.2) is 22.9 Å². The summed E-state index contributed by atoms with van der Waals surface area (Å²) in [6.45, 7) is 0. The van der Waals surface area contributed by atoms with E-state index in [4.69, 9.17) is 0 Å². The number of hydrogen-bond acceptors (Lipinski definition) is 4. The third kappa shape index (κ3) is 3.20. The molecule has 1 N–H and O–H groups in total. The molecular weight excluding hydrogens is 303 g/mol. The van der Waals surface area contributed by atoms with Crippen molar-refractivity contribution in [1.82, 2.24) is 9.97 Å². The molecule has 0 aliphatic rings. The van der Waals surface area contributed by atoms with Gasteiger partial charge in [-0.15, -0.1) is 0 Å². The maximum atomic E-state index is 11.0. The molecule has 0 unspecified atom stereocenters. The predicted molar refractivity (Wildman–Crippen MR) is 69.5 cm³/mol. The minimum Gasteiger partial charge on any atom is -0.744 e.